The van der Waals surface area contributed by atoms with E-state index in [0.717, 1.165) is 31.4 Å². The Hall–Kier alpha value is -4.61. The van der Waals surface area contributed by atoms with Crippen LogP contribution in [0.3, 0.4) is 0 Å². The van der Waals surface area contributed by atoms with E-state index in [9.17, 15) is 40.7 Å². The number of nitrogens with zero attached hydrogens (tertiary/aromatic N) is 6. The molecule has 10 rings (SSSR count). The lowest BCUT2D eigenvalue weighted by Crippen LogP contribution is -2.66. The first-order valence-electron chi connectivity index (χ1n) is 19.6. The third-order valence-electron chi connectivity index (χ3n) is 13.6. The van der Waals surface area contributed by atoms with Gasteiger partial charge in [-0.1, -0.05) is 6.42 Å². The van der Waals surface area contributed by atoms with Crippen molar-refractivity contribution in [1.29, 1.82) is 0 Å². The van der Waals surface area contributed by atoms with Gasteiger partial charge in [-0.05, 0) is 92.4 Å². The monoisotopic (exact) mass is 813 g/mol. The van der Waals surface area contributed by atoms with Crippen molar-refractivity contribution in [2.75, 3.05) is 40.9 Å². The van der Waals surface area contributed by atoms with Gasteiger partial charge in [-0.2, -0.15) is 13.2 Å². The molecule has 5 atom stereocenters. The molecule has 6 fully saturated rings. The van der Waals surface area contributed by atoms with Gasteiger partial charge in [0, 0.05) is 49.8 Å². The maximum absolute atomic E-state index is 14.9. The number of fused-ring (bicyclic) bond motifs is 3. The van der Waals surface area contributed by atoms with Crippen LogP contribution in [0.1, 0.15) is 85.8 Å². The molecule has 4 bridgehead atoms. The van der Waals surface area contributed by atoms with Gasteiger partial charge in [0.25, 0.3) is 5.91 Å². The molecular weight excluding hydrogens is 771 g/mol. The molecule has 57 heavy (non-hydrogen) atoms. The summed E-state index contributed by atoms with van der Waals surface area (Å²) in [6, 6.07) is 5.26. The predicted octanol–water partition coefficient (Wildman–Crippen LogP) is 5.47. The summed E-state index contributed by atoms with van der Waals surface area (Å²) in [6.45, 7) is 1.25. The molecule has 7 aliphatic rings. The van der Waals surface area contributed by atoms with Crippen LogP contribution in [0, 0.1) is 29.5 Å². The van der Waals surface area contributed by atoms with Crippen molar-refractivity contribution in [2.45, 2.75) is 87.4 Å². The van der Waals surface area contributed by atoms with Crippen LogP contribution < -0.4 is 19.9 Å². The number of hydrogen-bond donors (Lipinski definition) is 2. The van der Waals surface area contributed by atoms with E-state index in [2.05, 4.69) is 25.3 Å². The number of carboxylic acids is 1. The second kappa shape index (κ2) is 13.8. The minimum absolute atomic E-state index is 0.0993. The standard InChI is InChI=1S/C39H43F4N7O6S/c40-26-18-44-35(45-19-26)49-9-5-27(6-10-49)56-28-3-4-31-30(17-28)37(7-11-57(54,55)12-8-37)21-50(31)36-46-20-29(32(47-36)39(41,42)43)33(51)48-38(34(52)53)24-2-1-22-13-23(15-24)16-25(38)14-22/h3-4,17-20,22-25,27H,1-2,5-16,21H2,(H,48,51)(H,52,53). The largest absolute Gasteiger partial charge is 0.490 e. The summed E-state index contributed by atoms with van der Waals surface area (Å²) in [7, 11) is -3.32. The zero-order chi connectivity index (χ0) is 39.9. The molecule has 2 N–H and O–H groups in total. The number of benzene rings is 1. The first-order valence-corrected chi connectivity index (χ1v) is 21.5. The fraction of sp³-hybridized carbons (Fsp3) is 0.590. The molecule has 304 valence electrons. The number of halogens is 4. The van der Waals surface area contributed by atoms with Gasteiger partial charge in [-0.25, -0.2) is 37.5 Å². The van der Waals surface area contributed by atoms with Crippen molar-refractivity contribution in [3.8, 4) is 5.75 Å². The van der Waals surface area contributed by atoms with Crippen LogP contribution in [0.5, 0.6) is 5.75 Å². The molecule has 1 spiro atoms. The van der Waals surface area contributed by atoms with Crippen LogP contribution in [0.15, 0.2) is 36.8 Å². The van der Waals surface area contributed by atoms with Crippen molar-refractivity contribution in [3.05, 3.63) is 59.4 Å². The number of alkyl halides is 3. The molecule has 2 saturated heterocycles. The first kappa shape index (κ1) is 37.9. The number of carbonyl (C=O) groups is 2. The summed E-state index contributed by atoms with van der Waals surface area (Å²) in [4.78, 5) is 46.8. The van der Waals surface area contributed by atoms with Gasteiger partial charge < -0.3 is 25.0 Å². The Labute approximate surface area is 326 Å². The summed E-state index contributed by atoms with van der Waals surface area (Å²) >= 11 is 0. The maximum atomic E-state index is 14.9. The minimum Gasteiger partial charge on any atom is -0.490 e. The van der Waals surface area contributed by atoms with E-state index in [1.165, 1.54) is 4.90 Å². The number of sulfone groups is 1. The van der Waals surface area contributed by atoms with E-state index in [0.29, 0.717) is 86.4 Å². The number of hydrogen-bond acceptors (Lipinski definition) is 11. The highest BCUT2D eigenvalue weighted by molar-refractivity contribution is 7.91. The molecule has 0 radical (unpaired) electrons. The lowest BCUT2D eigenvalue weighted by molar-refractivity contribution is -0.154. The minimum atomic E-state index is -5.09. The average molecular weight is 814 g/mol. The van der Waals surface area contributed by atoms with E-state index in [1.54, 1.807) is 12.1 Å². The van der Waals surface area contributed by atoms with Gasteiger partial charge in [0.1, 0.15) is 27.2 Å². The van der Waals surface area contributed by atoms with E-state index in [1.807, 2.05) is 11.0 Å². The SMILES string of the molecule is O=C(NC1(C(=O)O)C2CCC3CC(C2)CC1C3)c1cnc(N2CC3(CCS(=O)(=O)CC3)c3cc(OC4CCN(c5ncc(F)cn5)CC4)ccc32)nc1C(F)(F)F. The van der Waals surface area contributed by atoms with Gasteiger partial charge >= 0.3 is 12.1 Å². The van der Waals surface area contributed by atoms with Crippen LogP contribution in [0.4, 0.5) is 35.1 Å². The Morgan fingerprint density at radius 3 is 2.28 bits per heavy atom. The molecule has 2 aromatic heterocycles. The second-order valence-electron chi connectivity index (χ2n) is 16.9. The van der Waals surface area contributed by atoms with Crippen LogP contribution >= 0.6 is 0 Å². The van der Waals surface area contributed by atoms with Crippen LogP contribution in [0.2, 0.25) is 0 Å². The quantitative estimate of drug-likeness (QED) is 0.289. The fourth-order valence-electron chi connectivity index (χ4n) is 10.9. The van der Waals surface area contributed by atoms with E-state index in [4.69, 9.17) is 4.74 Å². The van der Waals surface area contributed by atoms with Crippen molar-refractivity contribution < 1.29 is 45.4 Å². The van der Waals surface area contributed by atoms with Gasteiger partial charge in [0.05, 0.1) is 29.5 Å². The van der Waals surface area contributed by atoms with Crippen molar-refractivity contribution in [1.82, 2.24) is 25.3 Å². The summed E-state index contributed by atoms with van der Waals surface area (Å²) in [5, 5.41) is 13.2. The van der Waals surface area contributed by atoms with Crippen molar-refractivity contribution >= 4 is 39.3 Å². The molecule has 5 unspecified atom stereocenters. The Bertz CT molecular complexity index is 2180. The van der Waals surface area contributed by atoms with E-state index < -0.39 is 55.9 Å². The molecule has 13 nitrogen and oxygen atoms in total. The molecule has 3 aromatic rings. The Morgan fingerprint density at radius 2 is 1.58 bits per heavy atom. The molecule has 1 amide bonds. The van der Waals surface area contributed by atoms with Gasteiger partial charge in [0.2, 0.25) is 11.9 Å². The number of piperidine rings is 1. The Kier molecular flexibility index (Phi) is 9.16. The Morgan fingerprint density at radius 1 is 0.895 bits per heavy atom. The summed E-state index contributed by atoms with van der Waals surface area (Å²) in [5.74, 6) is -2.56. The molecule has 4 saturated carbocycles. The van der Waals surface area contributed by atoms with Crippen molar-refractivity contribution in [3.63, 3.8) is 0 Å². The number of ether oxygens (including phenoxy) is 1. The third kappa shape index (κ3) is 6.74. The number of carbonyl (C=O) groups excluding carboxylic acids is 1. The second-order valence-corrected chi connectivity index (χ2v) is 19.2. The normalized spacial score (nSPS) is 28.9. The first-order chi connectivity index (χ1) is 27.1. The number of carboxylic acid groups (broad SMARTS) is 1. The highest BCUT2D eigenvalue weighted by Gasteiger charge is 2.60. The van der Waals surface area contributed by atoms with Crippen molar-refractivity contribution in [2.24, 2.45) is 23.7 Å². The molecule has 1 aromatic carbocycles. The third-order valence-corrected chi connectivity index (χ3v) is 15.3. The zero-order valence-electron chi connectivity index (χ0n) is 31.0. The highest BCUT2D eigenvalue weighted by Crippen LogP contribution is 2.56. The number of nitrogens with one attached hydrogen (secondary N) is 1. The topological polar surface area (TPSA) is 168 Å². The van der Waals surface area contributed by atoms with Gasteiger partial charge in [-0.15, -0.1) is 0 Å². The molecule has 5 heterocycles. The number of aromatic nitrogens is 4. The maximum Gasteiger partial charge on any atom is 0.434 e. The summed E-state index contributed by atoms with van der Waals surface area (Å²) in [5.41, 5.74) is -3.54. The van der Waals surface area contributed by atoms with Crippen LogP contribution in [-0.4, -0.2) is 88.1 Å². The molecule has 18 heteroatoms. The summed E-state index contributed by atoms with van der Waals surface area (Å²) < 4.78 is 89.6. The fourth-order valence-corrected chi connectivity index (χ4v) is 12.5. The number of amides is 1. The van der Waals surface area contributed by atoms with Gasteiger partial charge in [0.15, 0.2) is 11.5 Å². The number of rotatable bonds is 7. The Balaban J connectivity index is 1.00. The smallest absolute Gasteiger partial charge is 0.434 e. The zero-order valence-corrected chi connectivity index (χ0v) is 31.9. The van der Waals surface area contributed by atoms with Crippen LogP contribution in [-0.2, 0) is 26.2 Å². The predicted molar refractivity (Wildman–Crippen MR) is 197 cm³/mol. The van der Waals surface area contributed by atoms with Crippen LogP contribution in [0.25, 0.3) is 0 Å². The highest BCUT2D eigenvalue weighted by atomic mass is 32.2. The van der Waals surface area contributed by atoms with Gasteiger partial charge in [-0.3, -0.25) is 4.79 Å². The number of aliphatic carboxylic acids is 1. The molecule has 4 aliphatic carbocycles. The number of anilines is 3. The molecule has 3 aliphatic heterocycles. The van der Waals surface area contributed by atoms with E-state index in [-0.39, 0.29) is 54.8 Å². The lowest BCUT2D eigenvalue weighted by atomic mass is 9.58. The van der Waals surface area contributed by atoms with E-state index >= 15 is 0 Å². The average Bonchev–Trinajstić information content (AvgIpc) is 3.34. The summed E-state index contributed by atoms with van der Waals surface area (Å²) in [6.07, 6.45) is 3.76. The lowest BCUT2D eigenvalue weighted by Gasteiger charge is -2.50. The molecular formula is C39H43F4N7O6S.